The molecule has 0 aromatic heterocycles. The van der Waals surface area contributed by atoms with Crippen molar-refractivity contribution in [1.29, 1.82) is 0 Å². The highest BCUT2D eigenvalue weighted by molar-refractivity contribution is 5.72. The van der Waals surface area contributed by atoms with Gasteiger partial charge in [-0.1, -0.05) is 32.9 Å². The van der Waals surface area contributed by atoms with Crippen molar-refractivity contribution < 1.29 is 9.90 Å². The van der Waals surface area contributed by atoms with Crippen molar-refractivity contribution in [2.24, 2.45) is 17.3 Å². The van der Waals surface area contributed by atoms with Crippen LogP contribution in [0.25, 0.3) is 0 Å². The fourth-order valence-electron chi connectivity index (χ4n) is 1.78. The first-order valence-corrected chi connectivity index (χ1v) is 4.80. The molecule has 0 aliphatic heterocycles. The number of carbonyl (C=O) groups is 1. The molecule has 2 nitrogen and oxygen atoms in total. The van der Waals surface area contributed by atoms with Crippen molar-refractivity contribution in [2.75, 3.05) is 0 Å². The number of hydrogen-bond donors (Lipinski definition) is 1. The highest BCUT2D eigenvalue weighted by Crippen LogP contribution is 2.37. The maximum atomic E-state index is 10.8. The van der Waals surface area contributed by atoms with Crippen LogP contribution in [0.4, 0.5) is 0 Å². The van der Waals surface area contributed by atoms with Crippen LogP contribution in [0.15, 0.2) is 12.2 Å². The van der Waals surface area contributed by atoms with E-state index in [9.17, 15) is 4.79 Å². The Kier molecular flexibility index (Phi) is 2.79. The number of hydrogen-bond acceptors (Lipinski definition) is 1. The van der Waals surface area contributed by atoms with Crippen molar-refractivity contribution in [3.63, 3.8) is 0 Å². The number of carboxylic acids is 1. The van der Waals surface area contributed by atoms with Crippen molar-refractivity contribution in [3.05, 3.63) is 12.2 Å². The lowest BCUT2D eigenvalue weighted by molar-refractivity contribution is -0.141. The van der Waals surface area contributed by atoms with Crippen molar-refractivity contribution in [2.45, 2.75) is 33.6 Å². The molecule has 1 N–H and O–H groups in total. The van der Waals surface area contributed by atoms with Gasteiger partial charge >= 0.3 is 5.97 Å². The maximum Gasteiger partial charge on any atom is 0.310 e. The standard InChI is InChI=1S/C11H18O2/c1-11(2,3)9-6-4-5-8(7-9)10(12)13/h4-5,8-9H,6-7H2,1-3H3,(H,12,13)/t8-,9-/m1/s1. The van der Waals surface area contributed by atoms with Gasteiger partial charge < -0.3 is 5.11 Å². The number of aliphatic carboxylic acids is 1. The summed E-state index contributed by atoms with van der Waals surface area (Å²) in [6.07, 6.45) is 5.64. The first-order chi connectivity index (χ1) is 5.91. The number of carboxylic acid groups (broad SMARTS) is 1. The predicted octanol–water partition coefficient (Wildman–Crippen LogP) is 2.70. The third-order valence-corrected chi connectivity index (χ3v) is 2.87. The molecule has 2 heteroatoms. The third-order valence-electron chi connectivity index (χ3n) is 2.87. The van der Waals surface area contributed by atoms with E-state index < -0.39 is 5.97 Å². The van der Waals surface area contributed by atoms with Gasteiger partial charge in [0.2, 0.25) is 0 Å². The Morgan fingerprint density at radius 2 is 2.08 bits per heavy atom. The van der Waals surface area contributed by atoms with E-state index in [0.717, 1.165) is 12.8 Å². The smallest absolute Gasteiger partial charge is 0.310 e. The Bertz CT molecular complexity index is 223. The summed E-state index contributed by atoms with van der Waals surface area (Å²) in [6.45, 7) is 6.53. The molecule has 0 fully saturated rings. The fourth-order valence-corrected chi connectivity index (χ4v) is 1.78. The Balaban J connectivity index is 2.66. The summed E-state index contributed by atoms with van der Waals surface area (Å²) in [5.74, 6) is -0.457. The topological polar surface area (TPSA) is 37.3 Å². The first-order valence-electron chi connectivity index (χ1n) is 4.80. The predicted molar refractivity (Wildman–Crippen MR) is 52.4 cm³/mol. The maximum absolute atomic E-state index is 10.8. The van der Waals surface area contributed by atoms with Gasteiger partial charge in [0.25, 0.3) is 0 Å². The summed E-state index contributed by atoms with van der Waals surface area (Å²) in [4.78, 5) is 10.8. The van der Waals surface area contributed by atoms with E-state index in [1.54, 1.807) is 0 Å². The van der Waals surface area contributed by atoms with Crippen LogP contribution in [0, 0.1) is 17.3 Å². The van der Waals surface area contributed by atoms with Gasteiger partial charge in [-0.2, -0.15) is 0 Å². The molecule has 0 bridgehead atoms. The second kappa shape index (κ2) is 3.52. The molecule has 0 aromatic carbocycles. The van der Waals surface area contributed by atoms with Crippen LogP contribution in [-0.4, -0.2) is 11.1 Å². The molecule has 0 aromatic rings. The average molecular weight is 182 g/mol. The zero-order chi connectivity index (χ0) is 10.1. The molecular weight excluding hydrogens is 164 g/mol. The molecule has 0 amide bonds. The quantitative estimate of drug-likeness (QED) is 0.633. The van der Waals surface area contributed by atoms with Crippen LogP contribution < -0.4 is 0 Å². The Labute approximate surface area is 79.6 Å². The van der Waals surface area contributed by atoms with Crippen LogP contribution in [0.5, 0.6) is 0 Å². The molecule has 13 heavy (non-hydrogen) atoms. The molecule has 0 radical (unpaired) electrons. The molecule has 0 heterocycles. The Hall–Kier alpha value is -0.790. The molecule has 0 spiro atoms. The largest absolute Gasteiger partial charge is 0.481 e. The molecule has 0 saturated carbocycles. The lowest BCUT2D eigenvalue weighted by atomic mass is 9.72. The minimum Gasteiger partial charge on any atom is -0.481 e. The van der Waals surface area contributed by atoms with E-state index in [1.807, 2.05) is 12.2 Å². The van der Waals surface area contributed by atoms with Gasteiger partial charge in [-0.05, 0) is 24.2 Å². The number of allylic oxidation sites excluding steroid dienone is 1. The molecule has 74 valence electrons. The van der Waals surface area contributed by atoms with E-state index in [1.165, 1.54) is 0 Å². The van der Waals surface area contributed by atoms with Crippen molar-refractivity contribution >= 4 is 5.97 Å². The molecule has 0 saturated heterocycles. The summed E-state index contributed by atoms with van der Waals surface area (Å²) >= 11 is 0. The van der Waals surface area contributed by atoms with Crippen molar-refractivity contribution in [3.8, 4) is 0 Å². The summed E-state index contributed by atoms with van der Waals surface area (Å²) in [7, 11) is 0. The first kappa shape index (κ1) is 10.3. The SMILES string of the molecule is CC(C)(C)[C@@H]1CC=C[C@@H](C(=O)O)C1. The minimum absolute atomic E-state index is 0.221. The van der Waals surface area contributed by atoms with Crippen LogP contribution in [-0.2, 0) is 4.79 Å². The van der Waals surface area contributed by atoms with Gasteiger partial charge in [0.05, 0.1) is 5.92 Å². The van der Waals surface area contributed by atoms with Gasteiger partial charge in [-0.15, -0.1) is 0 Å². The van der Waals surface area contributed by atoms with Crippen LogP contribution in [0.3, 0.4) is 0 Å². The van der Waals surface area contributed by atoms with Gasteiger partial charge in [0, 0.05) is 0 Å². The Morgan fingerprint density at radius 1 is 1.46 bits per heavy atom. The van der Waals surface area contributed by atoms with Gasteiger partial charge in [-0.25, -0.2) is 0 Å². The molecule has 1 aliphatic carbocycles. The van der Waals surface area contributed by atoms with E-state index >= 15 is 0 Å². The van der Waals surface area contributed by atoms with E-state index in [4.69, 9.17) is 5.11 Å². The van der Waals surface area contributed by atoms with Crippen LogP contribution in [0.1, 0.15) is 33.6 Å². The summed E-state index contributed by atoms with van der Waals surface area (Å²) in [5.41, 5.74) is 0.221. The zero-order valence-electron chi connectivity index (χ0n) is 8.58. The monoisotopic (exact) mass is 182 g/mol. The van der Waals surface area contributed by atoms with Crippen LogP contribution >= 0.6 is 0 Å². The third kappa shape index (κ3) is 2.58. The molecular formula is C11H18O2. The van der Waals surface area contributed by atoms with Crippen molar-refractivity contribution in [1.82, 2.24) is 0 Å². The molecule has 1 aliphatic rings. The van der Waals surface area contributed by atoms with E-state index in [2.05, 4.69) is 20.8 Å². The summed E-state index contributed by atoms with van der Waals surface area (Å²) < 4.78 is 0. The lowest BCUT2D eigenvalue weighted by Crippen LogP contribution is -2.27. The summed E-state index contributed by atoms with van der Waals surface area (Å²) in [5, 5.41) is 8.87. The average Bonchev–Trinajstić information content (AvgIpc) is 2.03. The number of rotatable bonds is 1. The second-order valence-electron chi connectivity index (χ2n) is 4.91. The van der Waals surface area contributed by atoms with E-state index in [-0.39, 0.29) is 11.3 Å². The van der Waals surface area contributed by atoms with Gasteiger partial charge in [0.15, 0.2) is 0 Å². The van der Waals surface area contributed by atoms with Gasteiger partial charge in [-0.3, -0.25) is 4.79 Å². The molecule has 1 rings (SSSR count). The zero-order valence-corrected chi connectivity index (χ0v) is 8.58. The summed E-state index contributed by atoms with van der Waals surface area (Å²) in [6, 6.07) is 0. The fraction of sp³-hybridized carbons (Fsp3) is 0.727. The normalized spacial score (nSPS) is 28.8. The minimum atomic E-state index is -0.690. The molecule has 0 unspecified atom stereocenters. The van der Waals surface area contributed by atoms with Gasteiger partial charge in [0.1, 0.15) is 0 Å². The molecule has 2 atom stereocenters. The highest BCUT2D eigenvalue weighted by Gasteiger charge is 2.30. The highest BCUT2D eigenvalue weighted by atomic mass is 16.4. The second-order valence-corrected chi connectivity index (χ2v) is 4.91. The van der Waals surface area contributed by atoms with E-state index in [0.29, 0.717) is 5.92 Å². The van der Waals surface area contributed by atoms with Crippen LogP contribution in [0.2, 0.25) is 0 Å². The lowest BCUT2D eigenvalue weighted by Gasteiger charge is -2.33. The Morgan fingerprint density at radius 3 is 2.54 bits per heavy atom.